The summed E-state index contributed by atoms with van der Waals surface area (Å²) in [7, 11) is 0. The predicted octanol–water partition coefficient (Wildman–Crippen LogP) is 2.58. The Morgan fingerprint density at radius 2 is 2.03 bits per heavy atom. The van der Waals surface area contributed by atoms with E-state index < -0.39 is 29.8 Å². The molecule has 3 saturated heterocycles. The van der Waals surface area contributed by atoms with E-state index in [1.54, 1.807) is 31.7 Å². The lowest BCUT2D eigenvalue weighted by Crippen LogP contribution is -2.59. The SMILES string of the molecule is CC(c1cccc(F)c1)N1C(=O)C2CC1CN2CC(NC(=O)OC(C)(C)C)C(=O)N1C(C#N)C[C@@H]2C[C@@H]21. The van der Waals surface area contributed by atoms with Crippen LogP contribution in [0.3, 0.4) is 0 Å². The Bertz CT molecular complexity index is 1150. The van der Waals surface area contributed by atoms with Crippen molar-refractivity contribution in [2.45, 2.75) is 88.8 Å². The summed E-state index contributed by atoms with van der Waals surface area (Å²) in [6, 6.07) is 6.36. The molecule has 4 aliphatic rings. The maximum absolute atomic E-state index is 13.8. The van der Waals surface area contributed by atoms with Crippen molar-refractivity contribution in [2.24, 2.45) is 5.92 Å². The number of benzene rings is 1. The number of nitrogens with zero attached hydrogens (tertiary/aromatic N) is 4. The maximum Gasteiger partial charge on any atom is 0.408 e. The number of piperazine rings is 1. The average molecular weight is 512 g/mol. The Morgan fingerprint density at radius 1 is 1.27 bits per heavy atom. The Kier molecular flexibility index (Phi) is 6.39. The van der Waals surface area contributed by atoms with Crippen LogP contribution in [0.2, 0.25) is 0 Å². The first-order valence-corrected chi connectivity index (χ1v) is 13.0. The Morgan fingerprint density at radius 3 is 2.68 bits per heavy atom. The van der Waals surface area contributed by atoms with Gasteiger partial charge in [0.1, 0.15) is 23.5 Å². The molecule has 0 spiro atoms. The number of amides is 3. The number of carbonyl (C=O) groups is 3. The fraction of sp³-hybridized carbons (Fsp3) is 0.630. The van der Waals surface area contributed by atoms with Gasteiger partial charge >= 0.3 is 6.09 Å². The lowest BCUT2D eigenvalue weighted by molar-refractivity contribution is -0.141. The molecule has 0 aromatic heterocycles. The quantitative estimate of drug-likeness (QED) is 0.629. The van der Waals surface area contributed by atoms with Gasteiger partial charge in [-0.1, -0.05) is 12.1 Å². The number of ether oxygens (including phenoxy) is 1. The zero-order chi connectivity index (χ0) is 26.6. The molecule has 1 N–H and O–H groups in total. The van der Waals surface area contributed by atoms with Crippen molar-refractivity contribution in [3.8, 4) is 6.07 Å². The summed E-state index contributed by atoms with van der Waals surface area (Å²) in [5.74, 6) is -0.358. The van der Waals surface area contributed by atoms with Gasteiger partial charge in [0.15, 0.2) is 0 Å². The van der Waals surface area contributed by atoms with Crippen LogP contribution < -0.4 is 5.32 Å². The lowest BCUT2D eigenvalue weighted by Gasteiger charge is -2.39. The monoisotopic (exact) mass is 511 g/mol. The van der Waals surface area contributed by atoms with E-state index in [-0.39, 0.29) is 42.3 Å². The van der Waals surface area contributed by atoms with Gasteiger partial charge < -0.3 is 19.9 Å². The molecule has 1 saturated carbocycles. The van der Waals surface area contributed by atoms with Crippen molar-refractivity contribution >= 4 is 17.9 Å². The summed E-state index contributed by atoms with van der Waals surface area (Å²) in [6.45, 7) is 7.84. The molecular weight excluding hydrogens is 477 g/mol. The number of alkyl carbamates (subject to hydrolysis) is 1. The first kappa shape index (κ1) is 25.5. The van der Waals surface area contributed by atoms with Gasteiger partial charge in [-0.15, -0.1) is 0 Å². The van der Waals surface area contributed by atoms with Crippen molar-refractivity contribution in [3.63, 3.8) is 0 Å². The van der Waals surface area contributed by atoms with Gasteiger partial charge in [0.25, 0.3) is 0 Å². The minimum absolute atomic E-state index is 0.0411. The predicted molar refractivity (Wildman–Crippen MR) is 131 cm³/mol. The van der Waals surface area contributed by atoms with Crippen LogP contribution in [0.1, 0.15) is 58.6 Å². The van der Waals surface area contributed by atoms with Crippen LogP contribution in [0.15, 0.2) is 24.3 Å². The van der Waals surface area contributed by atoms with Crippen LogP contribution in [0.5, 0.6) is 0 Å². The van der Waals surface area contributed by atoms with Gasteiger partial charge in [0.05, 0.1) is 18.2 Å². The van der Waals surface area contributed by atoms with E-state index >= 15 is 0 Å². The zero-order valence-corrected chi connectivity index (χ0v) is 21.7. The zero-order valence-electron chi connectivity index (χ0n) is 21.7. The molecular formula is C27H34FN5O4. The molecule has 9 nitrogen and oxygen atoms in total. The van der Waals surface area contributed by atoms with Gasteiger partial charge in [0, 0.05) is 25.2 Å². The van der Waals surface area contributed by atoms with Crippen LogP contribution >= 0.6 is 0 Å². The maximum atomic E-state index is 13.8. The van der Waals surface area contributed by atoms with Crippen molar-refractivity contribution in [3.05, 3.63) is 35.6 Å². The molecule has 3 aliphatic heterocycles. The van der Waals surface area contributed by atoms with E-state index in [1.807, 2.05) is 22.8 Å². The fourth-order valence-electron chi connectivity index (χ4n) is 6.26. The number of piperidine rings is 1. The number of rotatable bonds is 6. The summed E-state index contributed by atoms with van der Waals surface area (Å²) in [6.07, 6.45) is 1.44. The molecule has 1 aliphatic carbocycles. The van der Waals surface area contributed by atoms with Crippen molar-refractivity contribution < 1.29 is 23.5 Å². The molecule has 1 aromatic rings. The standard InChI is InChI=1S/C27H34FN5O4/c1-15(16-6-5-7-18(28)8-16)32-20-11-23(25(32)35)31(13-20)14-21(30-26(36)37-27(2,3)4)24(34)33-19(12-29)9-17-10-22(17)33/h5-8,15,17,19-23H,9-11,13-14H2,1-4H3,(H,30,36)/t15?,17-,19?,20?,21?,22+,23?/m1/s1. The summed E-state index contributed by atoms with van der Waals surface area (Å²) in [4.78, 5) is 45.1. The third-order valence-electron chi connectivity index (χ3n) is 7.98. The smallest absolute Gasteiger partial charge is 0.408 e. The fourth-order valence-corrected chi connectivity index (χ4v) is 6.26. The van der Waals surface area contributed by atoms with Gasteiger partial charge in [-0.3, -0.25) is 14.5 Å². The number of nitrogens with one attached hydrogen (secondary N) is 1. The largest absolute Gasteiger partial charge is 0.444 e. The second-order valence-corrected chi connectivity index (χ2v) is 11.7. The molecule has 2 bridgehead atoms. The highest BCUT2D eigenvalue weighted by molar-refractivity contribution is 5.89. The van der Waals surface area contributed by atoms with E-state index in [1.165, 1.54) is 12.1 Å². The Labute approximate surface area is 216 Å². The van der Waals surface area contributed by atoms with Crippen LogP contribution in [0.25, 0.3) is 0 Å². The molecule has 7 atom stereocenters. The van der Waals surface area contributed by atoms with Gasteiger partial charge in [0.2, 0.25) is 11.8 Å². The number of hydrogen-bond acceptors (Lipinski definition) is 6. The van der Waals surface area contributed by atoms with Crippen LogP contribution in [0, 0.1) is 23.1 Å². The molecule has 4 fully saturated rings. The minimum atomic E-state index is -0.939. The number of likely N-dealkylation sites (tertiary alicyclic amines) is 3. The highest BCUT2D eigenvalue weighted by atomic mass is 19.1. The molecule has 3 amide bonds. The van der Waals surface area contributed by atoms with Crippen LogP contribution in [-0.4, -0.2) is 81.5 Å². The first-order valence-electron chi connectivity index (χ1n) is 13.0. The molecule has 10 heteroatoms. The topological polar surface area (TPSA) is 106 Å². The third kappa shape index (κ3) is 4.89. The van der Waals surface area contributed by atoms with Crippen molar-refractivity contribution in [1.29, 1.82) is 5.26 Å². The third-order valence-corrected chi connectivity index (χ3v) is 7.98. The van der Waals surface area contributed by atoms with Crippen LogP contribution in [0.4, 0.5) is 9.18 Å². The summed E-state index contributed by atoms with van der Waals surface area (Å²) in [5, 5.41) is 12.3. The molecule has 0 radical (unpaired) electrons. The van der Waals surface area contributed by atoms with Crippen molar-refractivity contribution in [1.82, 2.24) is 20.0 Å². The van der Waals surface area contributed by atoms with E-state index in [0.717, 1.165) is 12.0 Å². The molecule has 198 valence electrons. The number of fused-ring (bicyclic) bond motifs is 3. The van der Waals surface area contributed by atoms with Gasteiger partial charge in [-0.25, -0.2) is 9.18 Å². The lowest BCUT2D eigenvalue weighted by atomic mass is 10.1. The molecule has 5 rings (SSSR count). The van der Waals surface area contributed by atoms with Gasteiger partial charge in [-0.05, 0) is 70.6 Å². The number of carbonyl (C=O) groups excluding carboxylic acids is 3. The number of hydrogen-bond donors (Lipinski definition) is 1. The Hall–Kier alpha value is -3.19. The molecule has 37 heavy (non-hydrogen) atoms. The highest BCUT2D eigenvalue weighted by Crippen LogP contribution is 2.48. The summed E-state index contributed by atoms with van der Waals surface area (Å²) in [5.41, 5.74) is 0.000812. The molecule has 3 heterocycles. The second kappa shape index (κ2) is 9.28. The highest BCUT2D eigenvalue weighted by Gasteiger charge is 2.56. The molecule has 1 aromatic carbocycles. The number of nitriles is 1. The van der Waals surface area contributed by atoms with E-state index in [9.17, 15) is 24.0 Å². The Balaban J connectivity index is 1.31. The van der Waals surface area contributed by atoms with Crippen molar-refractivity contribution in [2.75, 3.05) is 13.1 Å². The summed E-state index contributed by atoms with van der Waals surface area (Å²) < 4.78 is 19.2. The van der Waals surface area contributed by atoms with E-state index in [2.05, 4.69) is 11.4 Å². The van der Waals surface area contributed by atoms with E-state index in [0.29, 0.717) is 25.3 Å². The first-order chi connectivity index (χ1) is 17.5. The van der Waals surface area contributed by atoms with Gasteiger partial charge in [-0.2, -0.15) is 5.26 Å². The normalized spacial score (nSPS) is 30.1. The summed E-state index contributed by atoms with van der Waals surface area (Å²) >= 11 is 0. The van der Waals surface area contributed by atoms with E-state index in [4.69, 9.17) is 4.74 Å². The average Bonchev–Trinajstić information content (AvgIpc) is 3.15. The number of halogens is 1. The minimum Gasteiger partial charge on any atom is -0.444 e. The van der Waals surface area contributed by atoms with Crippen LogP contribution in [-0.2, 0) is 14.3 Å². The second-order valence-electron chi connectivity index (χ2n) is 11.7. The molecule has 5 unspecified atom stereocenters.